The minimum absolute atomic E-state index is 0. The van der Waals surface area contributed by atoms with Crippen LogP contribution in [0.25, 0.3) is 11.5 Å². The fourth-order valence-electron chi connectivity index (χ4n) is 4.25. The first-order valence-electron chi connectivity index (χ1n) is 9.31. The molecule has 5 rings (SSSR count). The number of imidazole rings is 1. The first-order valence-corrected chi connectivity index (χ1v) is 9.31. The SMILES string of the molecule is COc1ccc2c(c1)CCCC2n1ccnc1-c1cc2n(n1)CCNC2.Cl.Cl. The monoisotopic (exact) mass is 421 g/mol. The van der Waals surface area contributed by atoms with Crippen molar-refractivity contribution in [3.05, 3.63) is 53.5 Å². The average molecular weight is 422 g/mol. The van der Waals surface area contributed by atoms with Gasteiger partial charge in [0.05, 0.1) is 25.4 Å². The molecule has 1 aromatic carbocycles. The van der Waals surface area contributed by atoms with E-state index in [4.69, 9.17) is 9.84 Å². The van der Waals surface area contributed by atoms with Gasteiger partial charge in [0.25, 0.3) is 0 Å². The number of methoxy groups -OCH3 is 1. The molecule has 0 amide bonds. The Bertz CT molecular complexity index is 928. The summed E-state index contributed by atoms with van der Waals surface area (Å²) < 4.78 is 9.81. The van der Waals surface area contributed by atoms with Gasteiger partial charge in [-0.1, -0.05) is 6.07 Å². The second kappa shape index (κ2) is 8.55. The third kappa shape index (κ3) is 3.52. The number of hydrogen-bond donors (Lipinski definition) is 1. The highest BCUT2D eigenvalue weighted by Crippen LogP contribution is 2.37. The van der Waals surface area contributed by atoms with E-state index in [1.165, 1.54) is 23.2 Å². The molecule has 1 N–H and O–H groups in total. The molecule has 0 radical (unpaired) electrons. The van der Waals surface area contributed by atoms with Gasteiger partial charge < -0.3 is 14.6 Å². The maximum Gasteiger partial charge on any atom is 0.161 e. The van der Waals surface area contributed by atoms with Gasteiger partial charge >= 0.3 is 0 Å². The summed E-state index contributed by atoms with van der Waals surface area (Å²) in [6.45, 7) is 2.77. The Labute approximate surface area is 177 Å². The number of ether oxygens (including phenoxy) is 1. The van der Waals surface area contributed by atoms with Gasteiger partial charge in [0.15, 0.2) is 5.82 Å². The second-order valence-corrected chi connectivity index (χ2v) is 7.05. The minimum atomic E-state index is 0. The Morgan fingerprint density at radius 3 is 2.93 bits per heavy atom. The first-order chi connectivity index (χ1) is 12.8. The molecule has 150 valence electrons. The lowest BCUT2D eigenvalue weighted by molar-refractivity contribution is 0.412. The highest BCUT2D eigenvalue weighted by atomic mass is 35.5. The van der Waals surface area contributed by atoms with Crippen molar-refractivity contribution in [2.75, 3.05) is 13.7 Å². The molecule has 6 nitrogen and oxygen atoms in total. The first kappa shape index (κ1) is 20.7. The van der Waals surface area contributed by atoms with Crippen LogP contribution in [0.15, 0.2) is 36.7 Å². The summed E-state index contributed by atoms with van der Waals surface area (Å²) in [6.07, 6.45) is 7.39. The van der Waals surface area contributed by atoms with E-state index in [9.17, 15) is 0 Å². The van der Waals surface area contributed by atoms with Gasteiger partial charge in [-0.25, -0.2) is 4.98 Å². The minimum Gasteiger partial charge on any atom is -0.497 e. The van der Waals surface area contributed by atoms with Crippen LogP contribution in [-0.2, 0) is 19.5 Å². The van der Waals surface area contributed by atoms with Gasteiger partial charge in [-0.3, -0.25) is 4.68 Å². The number of benzene rings is 1. The Morgan fingerprint density at radius 1 is 1.21 bits per heavy atom. The van der Waals surface area contributed by atoms with Gasteiger partial charge in [-0.05, 0) is 48.6 Å². The van der Waals surface area contributed by atoms with E-state index in [0.717, 1.165) is 49.7 Å². The maximum atomic E-state index is 5.41. The van der Waals surface area contributed by atoms with Crippen molar-refractivity contribution in [3.63, 3.8) is 0 Å². The smallest absolute Gasteiger partial charge is 0.161 e. The average Bonchev–Trinajstić information content (AvgIpc) is 3.33. The summed E-state index contributed by atoms with van der Waals surface area (Å²) in [6, 6.07) is 8.93. The number of aryl methyl sites for hydroxylation is 1. The molecule has 0 spiro atoms. The Hall–Kier alpha value is -2.02. The van der Waals surface area contributed by atoms with Crippen LogP contribution in [0.3, 0.4) is 0 Å². The quantitative estimate of drug-likeness (QED) is 0.701. The van der Waals surface area contributed by atoms with Gasteiger partial charge in [0.2, 0.25) is 0 Å². The zero-order chi connectivity index (χ0) is 17.5. The number of nitrogens with one attached hydrogen (secondary N) is 1. The van der Waals surface area contributed by atoms with Gasteiger partial charge in [-0.15, -0.1) is 24.8 Å². The lowest BCUT2D eigenvalue weighted by Gasteiger charge is -2.28. The summed E-state index contributed by atoms with van der Waals surface area (Å²) in [7, 11) is 1.73. The zero-order valence-corrected chi connectivity index (χ0v) is 17.4. The molecule has 1 aliphatic carbocycles. The van der Waals surface area contributed by atoms with Crippen molar-refractivity contribution in [2.45, 2.75) is 38.4 Å². The van der Waals surface area contributed by atoms with Crippen LogP contribution in [-0.4, -0.2) is 33.0 Å². The molecule has 3 heterocycles. The zero-order valence-electron chi connectivity index (χ0n) is 15.8. The van der Waals surface area contributed by atoms with E-state index in [2.05, 4.69) is 50.0 Å². The third-order valence-corrected chi connectivity index (χ3v) is 5.54. The van der Waals surface area contributed by atoms with Crippen LogP contribution >= 0.6 is 24.8 Å². The van der Waals surface area contributed by atoms with E-state index in [1.807, 2.05) is 6.20 Å². The van der Waals surface area contributed by atoms with Gasteiger partial charge in [0.1, 0.15) is 11.4 Å². The molecule has 2 aliphatic rings. The number of fused-ring (bicyclic) bond motifs is 2. The normalized spacial score (nSPS) is 17.7. The van der Waals surface area contributed by atoms with Gasteiger partial charge in [-0.2, -0.15) is 5.10 Å². The molecule has 0 fully saturated rings. The molecule has 2 aromatic heterocycles. The fraction of sp³-hybridized carbons (Fsp3) is 0.400. The van der Waals surface area contributed by atoms with Crippen molar-refractivity contribution >= 4 is 24.8 Å². The molecular formula is C20H25Cl2N5O. The molecule has 0 saturated heterocycles. The van der Waals surface area contributed by atoms with Crippen molar-refractivity contribution in [2.24, 2.45) is 0 Å². The topological polar surface area (TPSA) is 56.9 Å². The van der Waals surface area contributed by atoms with E-state index >= 15 is 0 Å². The van der Waals surface area contributed by atoms with E-state index in [0.29, 0.717) is 6.04 Å². The Balaban J connectivity index is 0.00000112. The molecule has 0 bridgehead atoms. The summed E-state index contributed by atoms with van der Waals surface area (Å²) in [5.74, 6) is 1.89. The van der Waals surface area contributed by atoms with Crippen LogP contribution in [0.1, 0.15) is 35.7 Å². The van der Waals surface area contributed by atoms with Crippen LogP contribution < -0.4 is 10.1 Å². The Morgan fingerprint density at radius 2 is 2.11 bits per heavy atom. The predicted molar refractivity (Wildman–Crippen MR) is 114 cm³/mol. The third-order valence-electron chi connectivity index (χ3n) is 5.54. The van der Waals surface area contributed by atoms with Crippen molar-refractivity contribution in [3.8, 4) is 17.3 Å². The highest BCUT2D eigenvalue weighted by molar-refractivity contribution is 5.85. The van der Waals surface area contributed by atoms with Crippen molar-refractivity contribution in [1.82, 2.24) is 24.6 Å². The molecule has 8 heteroatoms. The molecule has 1 unspecified atom stereocenters. The summed E-state index contributed by atoms with van der Waals surface area (Å²) in [5.41, 5.74) is 4.96. The van der Waals surface area contributed by atoms with E-state index in [-0.39, 0.29) is 24.8 Å². The number of nitrogens with zero attached hydrogens (tertiary/aromatic N) is 4. The molecule has 1 atom stereocenters. The standard InChI is InChI=1S/C20H23N5O.2ClH/c1-26-16-5-6-17-14(11-16)3-2-4-19(17)24-9-8-22-20(24)18-12-15-13-21-7-10-25(15)23-18;;/h5-6,8-9,11-12,19,21H,2-4,7,10,13H2,1H3;2*1H. The summed E-state index contributed by atoms with van der Waals surface area (Å²) in [5, 5.41) is 8.21. The van der Waals surface area contributed by atoms with Gasteiger partial charge in [0, 0.05) is 25.5 Å². The van der Waals surface area contributed by atoms with Crippen molar-refractivity contribution < 1.29 is 4.74 Å². The molecule has 0 saturated carbocycles. The number of hydrogen-bond acceptors (Lipinski definition) is 4. The Kier molecular flexibility index (Phi) is 6.33. The van der Waals surface area contributed by atoms with E-state index in [1.54, 1.807) is 7.11 Å². The lowest BCUT2D eigenvalue weighted by atomic mass is 9.87. The predicted octanol–water partition coefficient (Wildman–Crippen LogP) is 3.63. The number of halogens is 2. The molecule has 28 heavy (non-hydrogen) atoms. The van der Waals surface area contributed by atoms with Crippen LogP contribution in [0.5, 0.6) is 5.75 Å². The van der Waals surface area contributed by atoms with Crippen LogP contribution in [0.4, 0.5) is 0 Å². The summed E-state index contributed by atoms with van der Waals surface area (Å²) in [4.78, 5) is 4.65. The lowest BCUT2D eigenvalue weighted by Crippen LogP contribution is -2.28. The molecule has 1 aliphatic heterocycles. The fourth-order valence-corrected chi connectivity index (χ4v) is 4.25. The summed E-state index contributed by atoms with van der Waals surface area (Å²) >= 11 is 0. The van der Waals surface area contributed by atoms with Crippen LogP contribution in [0.2, 0.25) is 0 Å². The number of rotatable bonds is 3. The van der Waals surface area contributed by atoms with Crippen molar-refractivity contribution in [1.29, 1.82) is 0 Å². The highest BCUT2D eigenvalue weighted by Gasteiger charge is 2.25. The largest absolute Gasteiger partial charge is 0.497 e. The second-order valence-electron chi connectivity index (χ2n) is 7.05. The number of aromatic nitrogens is 4. The van der Waals surface area contributed by atoms with E-state index < -0.39 is 0 Å². The molecule has 3 aromatic rings. The molecular weight excluding hydrogens is 397 g/mol. The van der Waals surface area contributed by atoms with Crippen LogP contribution in [0, 0.1) is 0 Å². The maximum absolute atomic E-state index is 5.41.